The van der Waals surface area contributed by atoms with E-state index in [4.69, 9.17) is 20.3 Å². The second-order valence-corrected chi connectivity index (χ2v) is 12.1. The molecule has 3 heterocycles. The van der Waals surface area contributed by atoms with Gasteiger partial charge in [0.1, 0.15) is 17.1 Å². The number of methoxy groups -OCH3 is 1. The summed E-state index contributed by atoms with van der Waals surface area (Å²) in [6.07, 6.45) is 11.3. The highest BCUT2D eigenvalue weighted by molar-refractivity contribution is 5.86. The molecule has 0 unspecified atom stereocenters. The summed E-state index contributed by atoms with van der Waals surface area (Å²) in [5, 5.41) is 18.2. The van der Waals surface area contributed by atoms with Crippen molar-refractivity contribution < 1.29 is 19.0 Å². The predicted molar refractivity (Wildman–Crippen MR) is 161 cm³/mol. The fraction of sp³-hybridized carbons (Fsp3) is 0.581. The molecule has 4 N–H and O–H groups in total. The maximum Gasteiger partial charge on any atom is 0.222 e. The average Bonchev–Trinajstić information content (AvgIpc) is 3.35. The summed E-state index contributed by atoms with van der Waals surface area (Å²) in [7, 11) is 1.57. The van der Waals surface area contributed by atoms with Crippen LogP contribution in [0.3, 0.4) is 0 Å². The van der Waals surface area contributed by atoms with Crippen LogP contribution in [0.1, 0.15) is 63.0 Å². The fourth-order valence-electron chi connectivity index (χ4n) is 6.66. The topological polar surface area (TPSA) is 124 Å². The number of aromatic nitrogens is 4. The molecular weight excluding hydrogens is 537 g/mol. The molecule has 0 amide bonds. The number of halogens is 1. The molecule has 1 aromatic carbocycles. The van der Waals surface area contributed by atoms with Gasteiger partial charge in [0.2, 0.25) is 5.95 Å². The third-order valence-corrected chi connectivity index (χ3v) is 8.98. The van der Waals surface area contributed by atoms with Crippen LogP contribution in [0, 0.1) is 11.2 Å². The van der Waals surface area contributed by atoms with E-state index >= 15 is 4.39 Å². The van der Waals surface area contributed by atoms with Crippen molar-refractivity contribution >= 4 is 28.4 Å². The summed E-state index contributed by atoms with van der Waals surface area (Å²) in [4.78, 5) is 10.8. The lowest BCUT2D eigenvalue weighted by molar-refractivity contribution is -0.168. The first kappa shape index (κ1) is 28.8. The fourth-order valence-corrected chi connectivity index (χ4v) is 6.66. The second kappa shape index (κ2) is 12.1. The van der Waals surface area contributed by atoms with E-state index in [0.717, 1.165) is 56.5 Å². The van der Waals surface area contributed by atoms with Crippen molar-refractivity contribution in [2.24, 2.45) is 5.41 Å². The maximum atomic E-state index is 15.7. The molecule has 2 aliphatic carbocycles. The molecule has 226 valence electrons. The van der Waals surface area contributed by atoms with Crippen molar-refractivity contribution in [3.8, 4) is 5.75 Å². The lowest BCUT2D eigenvalue weighted by Gasteiger charge is -2.54. The van der Waals surface area contributed by atoms with E-state index in [-0.39, 0.29) is 24.9 Å². The van der Waals surface area contributed by atoms with E-state index in [1.54, 1.807) is 24.1 Å². The molecule has 3 aromatic rings. The number of nitrogens with one attached hydrogen (secondary N) is 1. The molecule has 3 aliphatic rings. The molecule has 1 spiro atoms. The van der Waals surface area contributed by atoms with Gasteiger partial charge in [-0.15, -0.1) is 0 Å². The molecule has 2 aromatic heterocycles. The second-order valence-electron chi connectivity index (χ2n) is 12.1. The smallest absolute Gasteiger partial charge is 0.222 e. The Labute approximate surface area is 246 Å². The third-order valence-electron chi connectivity index (χ3n) is 8.98. The van der Waals surface area contributed by atoms with Gasteiger partial charge in [-0.25, -0.2) is 9.37 Å². The van der Waals surface area contributed by atoms with Gasteiger partial charge in [-0.3, -0.25) is 4.68 Å². The summed E-state index contributed by atoms with van der Waals surface area (Å²) >= 11 is 0. The number of rotatable bonds is 12. The molecular formula is C31H42FN7O3. The number of hydrogen-bond donors (Lipinski definition) is 3. The third kappa shape index (κ3) is 5.82. The van der Waals surface area contributed by atoms with Gasteiger partial charge in [-0.1, -0.05) is 19.4 Å². The number of ether oxygens (including phenoxy) is 2. The SMILES string of the molecule is CCCCN(CCO)c1nc(N)nc2cn(Cc3c(F)cc(C4=CC[C@@H](NC5CC6(COC6)C5)CC4)cc3OC)nc12. The molecule has 6 rings (SSSR count). The van der Waals surface area contributed by atoms with Crippen LogP contribution in [0.25, 0.3) is 16.6 Å². The van der Waals surface area contributed by atoms with E-state index in [1.165, 1.54) is 12.8 Å². The highest BCUT2D eigenvalue weighted by Gasteiger charge is 2.49. The predicted octanol–water partition coefficient (Wildman–Crippen LogP) is 3.91. The number of nitrogen functional groups attached to an aromatic ring is 1. The van der Waals surface area contributed by atoms with E-state index in [9.17, 15) is 5.11 Å². The number of aliphatic hydroxyl groups is 1. The van der Waals surface area contributed by atoms with Gasteiger partial charge in [-0.2, -0.15) is 10.1 Å². The van der Waals surface area contributed by atoms with Crippen molar-refractivity contribution in [3.63, 3.8) is 0 Å². The molecule has 42 heavy (non-hydrogen) atoms. The van der Waals surface area contributed by atoms with Crippen molar-refractivity contribution in [3.05, 3.63) is 41.3 Å². The summed E-state index contributed by atoms with van der Waals surface area (Å²) in [6.45, 7) is 5.22. The van der Waals surface area contributed by atoms with Gasteiger partial charge in [-0.05, 0) is 61.8 Å². The lowest BCUT2D eigenvalue weighted by Crippen LogP contribution is -2.60. The number of aliphatic hydroxyl groups excluding tert-OH is 1. The molecule has 1 saturated heterocycles. The molecule has 1 atom stereocenters. The Balaban J connectivity index is 1.18. The quantitative estimate of drug-likeness (QED) is 0.293. The summed E-state index contributed by atoms with van der Waals surface area (Å²) in [5.41, 5.74) is 10.1. The van der Waals surface area contributed by atoms with Gasteiger partial charge < -0.3 is 30.5 Å². The van der Waals surface area contributed by atoms with Crippen molar-refractivity contribution in [1.29, 1.82) is 0 Å². The minimum absolute atomic E-state index is 0.0187. The summed E-state index contributed by atoms with van der Waals surface area (Å²) in [6, 6.07) is 4.61. The number of unbranched alkanes of at least 4 members (excludes halogenated alkanes) is 1. The van der Waals surface area contributed by atoms with E-state index in [2.05, 4.69) is 28.3 Å². The number of anilines is 2. The monoisotopic (exact) mass is 579 g/mol. The number of benzene rings is 1. The standard InChI is InChI=1S/C31H42FN7O3/c1-3-4-9-38(10-11-40)29-28-26(35-30(33)36-29)17-39(37-28)16-24-25(32)12-21(13-27(24)41-2)20-5-7-22(8-6-20)34-23-14-31(15-23)18-42-19-31/h5,12-13,17,22-23,34,40H,3-4,6-11,14-16,18-19H2,1-2H3,(H2,33,35)/t22-/m1/s1. The van der Waals surface area contributed by atoms with Crippen molar-refractivity contribution in [2.75, 3.05) is 50.7 Å². The molecule has 2 fully saturated rings. The Morgan fingerprint density at radius 3 is 2.74 bits per heavy atom. The Bertz CT molecular complexity index is 1450. The highest BCUT2D eigenvalue weighted by Crippen LogP contribution is 2.47. The number of allylic oxidation sites excluding steroid dienone is 1. The van der Waals surface area contributed by atoms with Crippen LogP contribution in [0.2, 0.25) is 0 Å². The Morgan fingerprint density at radius 2 is 2.07 bits per heavy atom. The summed E-state index contributed by atoms with van der Waals surface area (Å²) < 4.78 is 28.4. The van der Waals surface area contributed by atoms with Gasteiger partial charge in [0, 0.05) is 30.6 Å². The Kier molecular flexibility index (Phi) is 8.33. The van der Waals surface area contributed by atoms with E-state index < -0.39 is 0 Å². The van der Waals surface area contributed by atoms with Crippen LogP contribution in [0.5, 0.6) is 5.75 Å². The first-order valence-electron chi connectivity index (χ1n) is 15.2. The van der Waals surface area contributed by atoms with Crippen molar-refractivity contribution in [2.45, 2.75) is 70.5 Å². The molecule has 1 aliphatic heterocycles. The molecule has 0 bridgehead atoms. The Morgan fingerprint density at radius 1 is 1.24 bits per heavy atom. The van der Waals surface area contributed by atoms with E-state index in [0.29, 0.717) is 58.8 Å². The van der Waals surface area contributed by atoms with Crippen LogP contribution in [-0.4, -0.2) is 77.0 Å². The minimum Gasteiger partial charge on any atom is -0.496 e. The Hall–Kier alpha value is -3.28. The molecule has 0 radical (unpaired) electrons. The zero-order valence-corrected chi connectivity index (χ0v) is 24.6. The van der Waals surface area contributed by atoms with Gasteiger partial charge in [0.25, 0.3) is 0 Å². The lowest BCUT2D eigenvalue weighted by atomic mass is 9.64. The normalized spacial score (nSPS) is 19.9. The van der Waals surface area contributed by atoms with Crippen LogP contribution in [0.15, 0.2) is 24.4 Å². The molecule has 10 nitrogen and oxygen atoms in total. The number of nitrogens with zero attached hydrogens (tertiary/aromatic N) is 5. The molecule has 1 saturated carbocycles. The van der Waals surface area contributed by atoms with Crippen LogP contribution in [0.4, 0.5) is 16.2 Å². The summed E-state index contributed by atoms with van der Waals surface area (Å²) in [5.74, 6) is 0.867. The largest absolute Gasteiger partial charge is 0.496 e. The number of fused-ring (bicyclic) bond motifs is 1. The highest BCUT2D eigenvalue weighted by atomic mass is 19.1. The van der Waals surface area contributed by atoms with Crippen LogP contribution in [-0.2, 0) is 11.3 Å². The zero-order chi connectivity index (χ0) is 29.3. The van der Waals surface area contributed by atoms with Gasteiger partial charge >= 0.3 is 0 Å². The van der Waals surface area contributed by atoms with E-state index in [1.807, 2.05) is 11.0 Å². The first-order chi connectivity index (χ1) is 20.4. The van der Waals surface area contributed by atoms with Gasteiger partial charge in [0.15, 0.2) is 11.3 Å². The zero-order valence-electron chi connectivity index (χ0n) is 24.6. The van der Waals surface area contributed by atoms with Crippen LogP contribution >= 0.6 is 0 Å². The maximum absolute atomic E-state index is 15.7. The van der Waals surface area contributed by atoms with Gasteiger partial charge in [0.05, 0.1) is 45.2 Å². The average molecular weight is 580 g/mol. The van der Waals surface area contributed by atoms with Crippen molar-refractivity contribution in [1.82, 2.24) is 25.1 Å². The molecule has 11 heteroatoms. The minimum atomic E-state index is -0.330. The first-order valence-corrected chi connectivity index (χ1v) is 15.2. The number of hydrogen-bond acceptors (Lipinski definition) is 9. The number of nitrogens with two attached hydrogens (primary N) is 1. The van der Waals surface area contributed by atoms with Crippen LogP contribution < -0.4 is 20.7 Å².